The number of hydrogen-bond acceptors (Lipinski definition) is 5. The van der Waals surface area contributed by atoms with E-state index in [0.717, 1.165) is 38.4 Å². The number of rotatable bonds is 7. The monoisotopic (exact) mass is 526 g/mol. The number of nitrogens with zero attached hydrogens (tertiary/aromatic N) is 3. The standard InChI is InChI=1S/C20H38N4O4.HI/c1-7-21-18(24-13-10-16(11-14-24)17(25)27-9-3)22-12-15-23(8-2)19(26)28-20(4,5)6;/h16H,7-15H2,1-6H3,(H,21,22);1H. The molecule has 1 aliphatic rings. The normalized spacial score (nSPS) is 15.4. The van der Waals surface area contributed by atoms with Crippen molar-refractivity contribution in [1.29, 1.82) is 0 Å². The van der Waals surface area contributed by atoms with E-state index in [4.69, 9.17) is 9.47 Å². The third kappa shape index (κ3) is 10.4. The summed E-state index contributed by atoms with van der Waals surface area (Å²) in [6, 6.07) is 0. The van der Waals surface area contributed by atoms with Gasteiger partial charge in [-0.1, -0.05) is 0 Å². The highest BCUT2D eigenvalue weighted by molar-refractivity contribution is 14.0. The molecule has 0 aromatic carbocycles. The van der Waals surface area contributed by atoms with Gasteiger partial charge in [0.05, 0.1) is 19.1 Å². The van der Waals surface area contributed by atoms with Gasteiger partial charge in [-0.3, -0.25) is 9.79 Å². The van der Waals surface area contributed by atoms with Crippen LogP contribution in [-0.4, -0.2) is 79.3 Å². The van der Waals surface area contributed by atoms with Gasteiger partial charge in [-0.15, -0.1) is 24.0 Å². The zero-order valence-corrected chi connectivity index (χ0v) is 21.2. The predicted molar refractivity (Wildman–Crippen MR) is 126 cm³/mol. The fraction of sp³-hybridized carbons (Fsp3) is 0.850. The SMILES string of the molecule is CCNC(=NCCN(CC)C(=O)OC(C)(C)C)N1CCC(C(=O)OCC)CC1.I. The van der Waals surface area contributed by atoms with Crippen molar-refractivity contribution in [2.24, 2.45) is 10.9 Å². The van der Waals surface area contributed by atoms with E-state index >= 15 is 0 Å². The van der Waals surface area contributed by atoms with E-state index < -0.39 is 5.60 Å². The molecule has 170 valence electrons. The summed E-state index contributed by atoms with van der Waals surface area (Å²) in [4.78, 5) is 32.6. The molecule has 9 heteroatoms. The van der Waals surface area contributed by atoms with E-state index in [1.807, 2.05) is 41.5 Å². The first-order valence-electron chi connectivity index (χ1n) is 10.4. The van der Waals surface area contributed by atoms with Crippen molar-refractivity contribution in [3.63, 3.8) is 0 Å². The Balaban J connectivity index is 0.00000784. The van der Waals surface area contributed by atoms with Crippen molar-refractivity contribution in [3.8, 4) is 0 Å². The quantitative estimate of drug-likeness (QED) is 0.238. The Morgan fingerprint density at radius 1 is 1.17 bits per heavy atom. The van der Waals surface area contributed by atoms with Crippen LogP contribution in [0.2, 0.25) is 0 Å². The Kier molecular flexibility index (Phi) is 13.3. The fourth-order valence-corrected chi connectivity index (χ4v) is 2.99. The van der Waals surface area contributed by atoms with Gasteiger partial charge in [0.25, 0.3) is 0 Å². The van der Waals surface area contributed by atoms with E-state index in [1.54, 1.807) is 4.90 Å². The molecule has 1 N–H and O–H groups in total. The molecule has 0 atom stereocenters. The van der Waals surface area contributed by atoms with Gasteiger partial charge in [0, 0.05) is 32.7 Å². The first-order chi connectivity index (χ1) is 13.2. The van der Waals surface area contributed by atoms with Gasteiger partial charge in [-0.2, -0.15) is 0 Å². The van der Waals surface area contributed by atoms with Crippen LogP contribution in [0, 0.1) is 5.92 Å². The highest BCUT2D eigenvalue weighted by Gasteiger charge is 2.27. The lowest BCUT2D eigenvalue weighted by Crippen LogP contribution is -2.47. The number of aliphatic imine (C=N–C) groups is 1. The maximum absolute atomic E-state index is 12.2. The first-order valence-corrected chi connectivity index (χ1v) is 10.4. The van der Waals surface area contributed by atoms with Crippen molar-refractivity contribution in [3.05, 3.63) is 0 Å². The molecule has 0 aromatic heterocycles. The summed E-state index contributed by atoms with van der Waals surface area (Å²) in [6.07, 6.45) is 1.22. The average Bonchev–Trinajstić information content (AvgIpc) is 2.63. The molecule has 1 aliphatic heterocycles. The average molecular weight is 526 g/mol. The van der Waals surface area contributed by atoms with E-state index in [0.29, 0.717) is 26.2 Å². The van der Waals surface area contributed by atoms with Crippen molar-refractivity contribution < 1.29 is 19.1 Å². The zero-order valence-electron chi connectivity index (χ0n) is 18.8. The lowest BCUT2D eigenvalue weighted by Gasteiger charge is -2.33. The Bertz CT molecular complexity index is 529. The Morgan fingerprint density at radius 3 is 2.28 bits per heavy atom. The fourth-order valence-electron chi connectivity index (χ4n) is 2.99. The first kappa shape index (κ1) is 27.7. The van der Waals surface area contributed by atoms with Crippen molar-refractivity contribution in [1.82, 2.24) is 15.1 Å². The summed E-state index contributed by atoms with van der Waals surface area (Å²) >= 11 is 0. The lowest BCUT2D eigenvalue weighted by molar-refractivity contribution is -0.149. The van der Waals surface area contributed by atoms with Gasteiger partial charge in [0.15, 0.2) is 5.96 Å². The minimum Gasteiger partial charge on any atom is -0.466 e. The second kappa shape index (κ2) is 13.9. The molecule has 0 bridgehead atoms. The van der Waals surface area contributed by atoms with Gasteiger partial charge in [0.1, 0.15) is 5.60 Å². The Labute approximate surface area is 192 Å². The van der Waals surface area contributed by atoms with Gasteiger partial charge in [-0.05, 0) is 54.4 Å². The molecule has 0 saturated carbocycles. The van der Waals surface area contributed by atoms with Crippen LogP contribution in [0.5, 0.6) is 0 Å². The Morgan fingerprint density at radius 2 is 1.79 bits per heavy atom. The highest BCUT2D eigenvalue weighted by atomic mass is 127. The largest absolute Gasteiger partial charge is 0.466 e. The summed E-state index contributed by atoms with van der Waals surface area (Å²) in [7, 11) is 0. The number of amides is 1. The molecule has 1 amide bonds. The molecule has 1 fully saturated rings. The van der Waals surface area contributed by atoms with Crippen molar-refractivity contribution >= 4 is 42.0 Å². The third-order valence-electron chi connectivity index (χ3n) is 4.41. The molecule has 0 spiro atoms. The second-order valence-electron chi connectivity index (χ2n) is 7.81. The van der Waals surface area contributed by atoms with Crippen LogP contribution in [0.4, 0.5) is 4.79 Å². The van der Waals surface area contributed by atoms with Gasteiger partial charge in [-0.25, -0.2) is 4.79 Å². The summed E-state index contributed by atoms with van der Waals surface area (Å²) in [5.74, 6) is 0.701. The number of carbonyl (C=O) groups is 2. The van der Waals surface area contributed by atoms with Gasteiger partial charge in [0.2, 0.25) is 0 Å². The molecular formula is C20H39IN4O4. The minimum atomic E-state index is -0.508. The smallest absolute Gasteiger partial charge is 0.410 e. The van der Waals surface area contributed by atoms with Crippen LogP contribution in [-0.2, 0) is 14.3 Å². The molecular weight excluding hydrogens is 487 g/mol. The topological polar surface area (TPSA) is 83.5 Å². The van der Waals surface area contributed by atoms with Crippen molar-refractivity contribution in [2.75, 3.05) is 45.9 Å². The van der Waals surface area contributed by atoms with Crippen LogP contribution in [0.1, 0.15) is 54.4 Å². The summed E-state index contributed by atoms with van der Waals surface area (Å²) in [5.41, 5.74) is -0.508. The second-order valence-corrected chi connectivity index (χ2v) is 7.81. The number of nitrogens with one attached hydrogen (secondary N) is 1. The van der Waals surface area contributed by atoms with Gasteiger partial charge >= 0.3 is 12.1 Å². The minimum absolute atomic E-state index is 0. The molecule has 0 unspecified atom stereocenters. The van der Waals surface area contributed by atoms with Crippen molar-refractivity contribution in [2.45, 2.75) is 60.0 Å². The number of esters is 1. The van der Waals surface area contributed by atoms with Crippen LogP contribution >= 0.6 is 24.0 Å². The number of likely N-dealkylation sites (tertiary alicyclic amines) is 1. The molecule has 8 nitrogen and oxygen atoms in total. The van der Waals surface area contributed by atoms with Crippen LogP contribution < -0.4 is 5.32 Å². The number of halogens is 1. The van der Waals surface area contributed by atoms with E-state index in [9.17, 15) is 9.59 Å². The predicted octanol–water partition coefficient (Wildman–Crippen LogP) is 3.10. The van der Waals surface area contributed by atoms with Crippen LogP contribution in [0.15, 0.2) is 4.99 Å². The molecule has 0 aromatic rings. The maximum atomic E-state index is 12.2. The van der Waals surface area contributed by atoms with Crippen LogP contribution in [0.3, 0.4) is 0 Å². The summed E-state index contributed by atoms with van der Waals surface area (Å²) in [5, 5.41) is 3.31. The molecule has 0 radical (unpaired) electrons. The number of carbonyl (C=O) groups excluding carboxylic acids is 2. The third-order valence-corrected chi connectivity index (χ3v) is 4.41. The molecule has 1 saturated heterocycles. The number of guanidine groups is 1. The summed E-state index contributed by atoms with van der Waals surface area (Å²) < 4.78 is 10.6. The number of piperidine rings is 1. The number of hydrogen-bond donors (Lipinski definition) is 1. The lowest BCUT2D eigenvalue weighted by atomic mass is 9.97. The highest BCUT2D eigenvalue weighted by Crippen LogP contribution is 2.18. The number of ether oxygens (including phenoxy) is 2. The summed E-state index contributed by atoms with van der Waals surface area (Å²) in [6.45, 7) is 15.7. The van der Waals surface area contributed by atoms with E-state index in [-0.39, 0.29) is 42.0 Å². The van der Waals surface area contributed by atoms with Gasteiger partial charge < -0.3 is 24.6 Å². The molecule has 1 rings (SSSR count). The van der Waals surface area contributed by atoms with E-state index in [2.05, 4.69) is 15.2 Å². The number of likely N-dealkylation sites (N-methyl/N-ethyl adjacent to an activating group) is 1. The zero-order chi connectivity index (χ0) is 21.2. The maximum Gasteiger partial charge on any atom is 0.410 e. The Hall–Kier alpha value is -1.26. The van der Waals surface area contributed by atoms with E-state index in [1.165, 1.54) is 0 Å². The molecule has 29 heavy (non-hydrogen) atoms. The van der Waals surface area contributed by atoms with Crippen LogP contribution in [0.25, 0.3) is 0 Å². The molecule has 0 aliphatic carbocycles. The molecule has 1 heterocycles.